The predicted octanol–water partition coefficient (Wildman–Crippen LogP) is 2.62. The highest BCUT2D eigenvalue weighted by molar-refractivity contribution is 5.56. The van der Waals surface area contributed by atoms with Gasteiger partial charge in [-0.05, 0) is 11.6 Å². The van der Waals surface area contributed by atoms with Crippen LogP contribution in [0.2, 0.25) is 0 Å². The normalized spacial score (nSPS) is 10.0. The van der Waals surface area contributed by atoms with Crippen LogP contribution in [0.5, 0.6) is 11.6 Å². The van der Waals surface area contributed by atoms with E-state index >= 15 is 0 Å². The molecule has 2 aromatic rings. The van der Waals surface area contributed by atoms with Gasteiger partial charge < -0.3 is 14.8 Å². The molecule has 0 unspecified atom stereocenters. The third-order valence-corrected chi connectivity index (χ3v) is 2.84. The van der Waals surface area contributed by atoms with Crippen molar-refractivity contribution in [2.24, 2.45) is 0 Å². The molecule has 1 aromatic heterocycles. The van der Waals surface area contributed by atoms with Crippen molar-refractivity contribution in [1.82, 2.24) is 4.98 Å². The van der Waals surface area contributed by atoms with Crippen molar-refractivity contribution in [2.75, 3.05) is 19.5 Å². The summed E-state index contributed by atoms with van der Waals surface area (Å²) in [6.45, 7) is 0.489. The van der Waals surface area contributed by atoms with Crippen LogP contribution in [-0.2, 0) is 6.54 Å². The Hall–Kier alpha value is -2.83. The molecule has 0 bridgehead atoms. The molecule has 0 aliphatic heterocycles. The summed E-state index contributed by atoms with van der Waals surface area (Å²) in [5, 5.41) is 14.0. The number of nitrogens with zero attached hydrogens (tertiary/aromatic N) is 2. The number of anilines is 1. The smallest absolute Gasteiger partial charge is 0.275 e. The van der Waals surface area contributed by atoms with Gasteiger partial charge in [0, 0.05) is 36.6 Å². The number of non-ortho nitro benzene ring substituents is 1. The Morgan fingerprint density at radius 1 is 1.24 bits per heavy atom. The van der Waals surface area contributed by atoms with Gasteiger partial charge >= 0.3 is 0 Å². The third-order valence-electron chi connectivity index (χ3n) is 2.84. The van der Waals surface area contributed by atoms with Crippen molar-refractivity contribution in [3.8, 4) is 11.6 Å². The van der Waals surface area contributed by atoms with E-state index in [-0.39, 0.29) is 5.69 Å². The molecule has 110 valence electrons. The molecule has 2 rings (SSSR count). The minimum atomic E-state index is -0.455. The summed E-state index contributed by atoms with van der Waals surface area (Å²) >= 11 is 0. The van der Waals surface area contributed by atoms with Crippen molar-refractivity contribution in [2.45, 2.75) is 6.54 Å². The Labute approximate surface area is 121 Å². The zero-order valence-electron chi connectivity index (χ0n) is 11.7. The summed E-state index contributed by atoms with van der Waals surface area (Å²) < 4.78 is 10.1. The number of rotatable bonds is 6. The van der Waals surface area contributed by atoms with Gasteiger partial charge in [-0.1, -0.05) is 0 Å². The minimum absolute atomic E-state index is 0.0239. The molecule has 0 saturated heterocycles. The predicted molar refractivity (Wildman–Crippen MR) is 77.8 cm³/mol. The Kier molecular flexibility index (Phi) is 4.55. The van der Waals surface area contributed by atoms with E-state index < -0.39 is 4.92 Å². The number of hydrogen-bond donors (Lipinski definition) is 1. The van der Waals surface area contributed by atoms with Gasteiger partial charge in [0.25, 0.3) is 5.69 Å². The van der Waals surface area contributed by atoms with Gasteiger partial charge in [-0.3, -0.25) is 10.1 Å². The summed E-state index contributed by atoms with van der Waals surface area (Å²) in [4.78, 5) is 14.4. The second kappa shape index (κ2) is 6.56. The average Bonchev–Trinajstić information content (AvgIpc) is 2.52. The average molecular weight is 289 g/mol. The lowest BCUT2D eigenvalue weighted by Gasteiger charge is -2.09. The molecule has 0 spiro atoms. The molecule has 0 aliphatic carbocycles. The van der Waals surface area contributed by atoms with Crippen LogP contribution in [0.1, 0.15) is 5.56 Å². The quantitative estimate of drug-likeness (QED) is 0.649. The molecule has 1 aromatic carbocycles. The molecular formula is C14H15N3O4. The Morgan fingerprint density at radius 3 is 2.71 bits per heavy atom. The molecule has 0 radical (unpaired) electrons. The van der Waals surface area contributed by atoms with Gasteiger partial charge in [-0.25, -0.2) is 4.98 Å². The molecule has 0 fully saturated rings. The number of nitrogens with one attached hydrogen (secondary N) is 1. The van der Waals surface area contributed by atoms with Gasteiger partial charge in [0.15, 0.2) is 0 Å². The number of ether oxygens (including phenoxy) is 2. The number of aromatic nitrogens is 1. The first-order valence-electron chi connectivity index (χ1n) is 6.18. The number of methoxy groups -OCH3 is 2. The summed E-state index contributed by atoms with van der Waals surface area (Å²) in [6, 6.07) is 8.17. The van der Waals surface area contributed by atoms with E-state index in [1.165, 1.54) is 19.2 Å². The highest BCUT2D eigenvalue weighted by atomic mass is 16.6. The first kappa shape index (κ1) is 14.6. The fourth-order valence-electron chi connectivity index (χ4n) is 1.78. The van der Waals surface area contributed by atoms with E-state index in [2.05, 4.69) is 10.3 Å². The maximum absolute atomic E-state index is 10.9. The van der Waals surface area contributed by atoms with Crippen LogP contribution in [0.3, 0.4) is 0 Å². The monoisotopic (exact) mass is 289 g/mol. The van der Waals surface area contributed by atoms with E-state index in [0.29, 0.717) is 23.9 Å². The van der Waals surface area contributed by atoms with Crippen molar-refractivity contribution < 1.29 is 14.4 Å². The number of nitro groups is 1. The van der Waals surface area contributed by atoms with Gasteiger partial charge in [0.05, 0.1) is 25.2 Å². The second-order valence-corrected chi connectivity index (χ2v) is 4.24. The lowest BCUT2D eigenvalue weighted by molar-refractivity contribution is -0.384. The molecule has 1 heterocycles. The maximum atomic E-state index is 10.9. The lowest BCUT2D eigenvalue weighted by atomic mass is 10.2. The standard InChI is InChI=1S/C14H15N3O4/c1-20-13-7-11(6-12(8-13)17(18)19)16-9-10-3-4-15-14(5-10)21-2/h3-8,16H,9H2,1-2H3. The van der Waals surface area contributed by atoms with Gasteiger partial charge in [-0.15, -0.1) is 0 Å². The van der Waals surface area contributed by atoms with Crippen molar-refractivity contribution in [1.29, 1.82) is 0 Å². The zero-order valence-corrected chi connectivity index (χ0v) is 11.7. The molecule has 0 atom stereocenters. The molecule has 0 saturated carbocycles. The topological polar surface area (TPSA) is 86.5 Å². The van der Waals surface area contributed by atoms with Crippen molar-refractivity contribution in [3.63, 3.8) is 0 Å². The van der Waals surface area contributed by atoms with Crippen LogP contribution in [0.25, 0.3) is 0 Å². The Balaban J connectivity index is 2.15. The first-order chi connectivity index (χ1) is 10.1. The summed E-state index contributed by atoms with van der Waals surface area (Å²) in [5.41, 5.74) is 1.54. The van der Waals surface area contributed by atoms with Crippen molar-refractivity contribution in [3.05, 3.63) is 52.2 Å². The molecule has 7 heteroatoms. The molecule has 21 heavy (non-hydrogen) atoms. The summed E-state index contributed by atoms with van der Waals surface area (Å²) in [6.07, 6.45) is 1.64. The van der Waals surface area contributed by atoms with E-state index in [4.69, 9.17) is 9.47 Å². The highest BCUT2D eigenvalue weighted by Crippen LogP contribution is 2.26. The Bertz CT molecular complexity index is 646. The fourth-order valence-corrected chi connectivity index (χ4v) is 1.78. The second-order valence-electron chi connectivity index (χ2n) is 4.24. The maximum Gasteiger partial charge on any atom is 0.275 e. The van der Waals surface area contributed by atoms with E-state index in [9.17, 15) is 10.1 Å². The summed E-state index contributed by atoms with van der Waals surface area (Å²) in [5.74, 6) is 0.949. The minimum Gasteiger partial charge on any atom is -0.496 e. The largest absolute Gasteiger partial charge is 0.496 e. The van der Waals surface area contributed by atoms with Gasteiger partial charge in [0.2, 0.25) is 5.88 Å². The van der Waals surface area contributed by atoms with Gasteiger partial charge in [0.1, 0.15) is 5.75 Å². The molecule has 7 nitrogen and oxygen atoms in total. The SMILES string of the molecule is COc1cc(NCc2ccnc(OC)c2)cc([N+](=O)[O-])c1. The van der Waals surface area contributed by atoms with Gasteiger partial charge in [-0.2, -0.15) is 0 Å². The van der Waals surface area contributed by atoms with E-state index in [0.717, 1.165) is 5.56 Å². The highest BCUT2D eigenvalue weighted by Gasteiger charge is 2.10. The van der Waals surface area contributed by atoms with Crippen LogP contribution in [0.15, 0.2) is 36.5 Å². The molecule has 0 aliphatic rings. The number of benzene rings is 1. The molecular weight excluding hydrogens is 274 g/mol. The van der Waals surface area contributed by atoms with Crippen molar-refractivity contribution >= 4 is 11.4 Å². The third kappa shape index (κ3) is 3.82. The van der Waals surface area contributed by atoms with Crippen LogP contribution in [-0.4, -0.2) is 24.1 Å². The molecule has 0 amide bonds. The number of pyridine rings is 1. The number of nitro benzene ring substituents is 1. The van der Waals surface area contributed by atoms with E-state index in [1.54, 1.807) is 25.4 Å². The fraction of sp³-hybridized carbons (Fsp3) is 0.214. The van der Waals surface area contributed by atoms with E-state index in [1.807, 2.05) is 6.07 Å². The van der Waals surface area contributed by atoms with Crippen LogP contribution in [0.4, 0.5) is 11.4 Å². The van der Waals surface area contributed by atoms with Crippen LogP contribution < -0.4 is 14.8 Å². The first-order valence-corrected chi connectivity index (χ1v) is 6.18. The summed E-state index contributed by atoms with van der Waals surface area (Å²) in [7, 11) is 3.02. The number of hydrogen-bond acceptors (Lipinski definition) is 6. The van der Waals surface area contributed by atoms with Crippen LogP contribution >= 0.6 is 0 Å². The zero-order chi connectivity index (χ0) is 15.2. The Morgan fingerprint density at radius 2 is 2.05 bits per heavy atom. The van der Waals surface area contributed by atoms with Crippen LogP contribution in [0, 0.1) is 10.1 Å². The lowest BCUT2D eigenvalue weighted by Crippen LogP contribution is -2.01. The molecule has 1 N–H and O–H groups in total.